The number of benzene rings is 2. The molecule has 0 bridgehead atoms. The number of carbonyl (C=O) groups is 1. The molecule has 7 nitrogen and oxygen atoms in total. The minimum absolute atomic E-state index is 0.0174. The number of halogens is 3. The van der Waals surface area contributed by atoms with E-state index in [1.807, 2.05) is 0 Å². The Morgan fingerprint density at radius 1 is 1.06 bits per heavy atom. The van der Waals surface area contributed by atoms with Gasteiger partial charge in [0.25, 0.3) is 0 Å². The van der Waals surface area contributed by atoms with Crippen LogP contribution in [0.25, 0.3) is 22.2 Å². The Kier molecular flexibility index (Phi) is 4.90. The molecule has 4 aromatic rings. The summed E-state index contributed by atoms with van der Waals surface area (Å²) in [6.45, 7) is 0. The van der Waals surface area contributed by atoms with Crippen molar-refractivity contribution >= 4 is 33.0 Å². The van der Waals surface area contributed by atoms with E-state index >= 15 is 0 Å². The van der Waals surface area contributed by atoms with Gasteiger partial charge in [0.1, 0.15) is 17.2 Å². The number of aromatic nitrogens is 2. The monoisotopic (exact) mass is 447 g/mol. The SMILES string of the molecule is Nc1ccc(F)c(C(=O)c2c[nH]c3ncc(-c4ccc(OS(=O)(=O)F)cc4)cc23)c1F. The number of nitrogen functional groups attached to an aromatic ring is 1. The number of carbonyl (C=O) groups excluding carboxylic acids is 1. The van der Waals surface area contributed by atoms with E-state index in [4.69, 9.17) is 5.73 Å². The average Bonchev–Trinajstić information content (AvgIpc) is 3.13. The van der Waals surface area contributed by atoms with Crippen LogP contribution in [0.5, 0.6) is 5.75 Å². The van der Waals surface area contributed by atoms with E-state index in [1.54, 1.807) is 6.07 Å². The number of fused-ring (bicyclic) bond motifs is 1. The molecule has 0 unspecified atom stereocenters. The molecule has 0 radical (unpaired) electrons. The van der Waals surface area contributed by atoms with E-state index in [1.165, 1.54) is 36.7 Å². The number of nitrogens with one attached hydrogen (secondary N) is 1. The number of hydrogen-bond acceptors (Lipinski definition) is 6. The number of hydrogen-bond donors (Lipinski definition) is 2. The third-order valence-corrected chi connectivity index (χ3v) is 4.90. The third kappa shape index (κ3) is 3.94. The van der Waals surface area contributed by atoms with Crippen molar-refractivity contribution in [2.45, 2.75) is 0 Å². The second kappa shape index (κ2) is 7.43. The Hall–Kier alpha value is -3.86. The molecular formula is C20H12F3N3O4S. The molecule has 4 rings (SSSR count). The minimum Gasteiger partial charge on any atom is -0.396 e. The number of anilines is 1. The van der Waals surface area contributed by atoms with Gasteiger partial charge in [-0.3, -0.25) is 4.79 Å². The van der Waals surface area contributed by atoms with Crippen LogP contribution in [0.15, 0.2) is 54.9 Å². The van der Waals surface area contributed by atoms with E-state index in [-0.39, 0.29) is 17.0 Å². The Balaban J connectivity index is 1.75. The van der Waals surface area contributed by atoms with Crippen LogP contribution in [-0.2, 0) is 10.5 Å². The Morgan fingerprint density at radius 2 is 1.77 bits per heavy atom. The normalized spacial score (nSPS) is 11.6. The van der Waals surface area contributed by atoms with Crippen molar-refractivity contribution in [1.82, 2.24) is 9.97 Å². The molecule has 0 saturated carbocycles. The van der Waals surface area contributed by atoms with Crippen LogP contribution < -0.4 is 9.92 Å². The van der Waals surface area contributed by atoms with Crippen molar-refractivity contribution in [3.05, 3.63) is 77.6 Å². The summed E-state index contributed by atoms with van der Waals surface area (Å²) in [5.74, 6) is -3.34. The summed E-state index contributed by atoms with van der Waals surface area (Å²) in [7, 11) is -5.15. The van der Waals surface area contributed by atoms with Crippen LogP contribution in [0.4, 0.5) is 18.4 Å². The first-order valence-corrected chi connectivity index (χ1v) is 9.95. The molecule has 0 fully saturated rings. The summed E-state index contributed by atoms with van der Waals surface area (Å²) in [4.78, 5) is 19.8. The largest absolute Gasteiger partial charge is 0.488 e. The molecule has 2 aromatic heterocycles. The molecule has 2 heterocycles. The summed E-state index contributed by atoms with van der Waals surface area (Å²) >= 11 is 0. The number of pyridine rings is 1. The van der Waals surface area contributed by atoms with Crippen LogP contribution in [0.1, 0.15) is 15.9 Å². The van der Waals surface area contributed by atoms with Gasteiger partial charge < -0.3 is 14.9 Å². The fourth-order valence-electron chi connectivity index (χ4n) is 3.08. The second-order valence-corrected chi connectivity index (χ2v) is 7.43. The van der Waals surface area contributed by atoms with Gasteiger partial charge in [0.2, 0.25) is 5.78 Å². The minimum atomic E-state index is -5.15. The van der Waals surface area contributed by atoms with Crippen molar-refractivity contribution < 1.29 is 30.1 Å². The van der Waals surface area contributed by atoms with E-state index in [9.17, 15) is 25.9 Å². The van der Waals surface area contributed by atoms with Crippen LogP contribution in [-0.4, -0.2) is 24.2 Å². The third-order valence-electron chi connectivity index (χ3n) is 4.51. The highest BCUT2D eigenvalue weighted by atomic mass is 32.3. The zero-order valence-electron chi connectivity index (χ0n) is 15.4. The molecule has 0 aliphatic carbocycles. The molecule has 0 atom stereocenters. The Morgan fingerprint density at radius 3 is 2.45 bits per heavy atom. The fourth-order valence-corrected chi connectivity index (χ4v) is 3.42. The van der Waals surface area contributed by atoms with Gasteiger partial charge in [-0.1, -0.05) is 16.0 Å². The molecule has 0 aliphatic heterocycles. The lowest BCUT2D eigenvalue weighted by atomic mass is 10.00. The smallest absolute Gasteiger partial charge is 0.396 e. The summed E-state index contributed by atoms with van der Waals surface area (Å²) in [5.41, 5.74) is 5.65. The van der Waals surface area contributed by atoms with E-state index in [0.29, 0.717) is 22.2 Å². The lowest BCUT2D eigenvalue weighted by Gasteiger charge is -2.07. The predicted molar refractivity (Wildman–Crippen MR) is 106 cm³/mol. The quantitative estimate of drug-likeness (QED) is 0.272. The molecule has 0 aliphatic rings. The molecule has 0 amide bonds. The molecular weight excluding hydrogens is 435 g/mol. The highest BCUT2D eigenvalue weighted by Gasteiger charge is 2.24. The number of nitrogens with two attached hydrogens (primary N) is 1. The number of H-pyrrole nitrogens is 1. The Labute approximate surface area is 173 Å². The van der Waals surface area contributed by atoms with Gasteiger partial charge in [-0.15, -0.1) is 0 Å². The number of aromatic amines is 1. The topological polar surface area (TPSA) is 115 Å². The lowest BCUT2D eigenvalue weighted by Crippen LogP contribution is -2.09. The van der Waals surface area contributed by atoms with Crippen molar-refractivity contribution in [3.8, 4) is 16.9 Å². The van der Waals surface area contributed by atoms with Crippen LogP contribution in [0, 0.1) is 11.6 Å². The van der Waals surface area contributed by atoms with E-state index in [2.05, 4.69) is 14.2 Å². The van der Waals surface area contributed by atoms with Gasteiger partial charge in [-0.2, -0.15) is 8.42 Å². The first-order chi connectivity index (χ1) is 14.6. The standard InChI is InChI=1S/C20H12F3N3O4S/c21-15-5-6-16(24)18(22)17(15)19(27)14-9-26-20-13(14)7-11(8-25-20)10-1-3-12(4-2-10)30-31(23,28)29/h1-9H,24H2,(H,25,26). The van der Waals surface area contributed by atoms with Crippen LogP contribution in [0.3, 0.4) is 0 Å². The summed E-state index contributed by atoms with van der Waals surface area (Å²) < 4.78 is 66.4. The molecule has 3 N–H and O–H groups in total. The molecule has 0 spiro atoms. The number of rotatable bonds is 5. The molecule has 31 heavy (non-hydrogen) atoms. The maximum absolute atomic E-state index is 14.3. The average molecular weight is 447 g/mol. The second-order valence-electron chi connectivity index (χ2n) is 6.48. The van der Waals surface area contributed by atoms with Gasteiger partial charge in [0, 0.05) is 28.9 Å². The zero-order chi connectivity index (χ0) is 22.3. The van der Waals surface area contributed by atoms with Gasteiger partial charge in [-0.05, 0) is 35.9 Å². The summed E-state index contributed by atoms with van der Waals surface area (Å²) in [6, 6.07) is 8.87. The van der Waals surface area contributed by atoms with Crippen molar-refractivity contribution in [3.63, 3.8) is 0 Å². The zero-order valence-corrected chi connectivity index (χ0v) is 16.2. The maximum atomic E-state index is 14.3. The molecule has 158 valence electrons. The van der Waals surface area contributed by atoms with Crippen LogP contribution in [0.2, 0.25) is 0 Å². The lowest BCUT2D eigenvalue weighted by molar-refractivity contribution is 0.103. The van der Waals surface area contributed by atoms with E-state index < -0.39 is 33.5 Å². The fraction of sp³-hybridized carbons (Fsp3) is 0. The van der Waals surface area contributed by atoms with Gasteiger partial charge in [0.05, 0.1) is 11.3 Å². The molecule has 2 aromatic carbocycles. The van der Waals surface area contributed by atoms with Crippen LogP contribution >= 0.6 is 0 Å². The van der Waals surface area contributed by atoms with Gasteiger partial charge in [-0.25, -0.2) is 13.8 Å². The molecule has 11 heteroatoms. The van der Waals surface area contributed by atoms with Gasteiger partial charge >= 0.3 is 10.5 Å². The summed E-state index contributed by atoms with van der Waals surface area (Å²) in [5, 5.41) is 0.301. The number of nitrogens with zero attached hydrogens (tertiary/aromatic N) is 1. The maximum Gasteiger partial charge on any atom is 0.488 e. The summed E-state index contributed by atoms with van der Waals surface area (Å²) in [6.07, 6.45) is 2.76. The van der Waals surface area contributed by atoms with Crippen molar-refractivity contribution in [2.75, 3.05) is 5.73 Å². The Bertz CT molecular complexity index is 1430. The highest BCUT2D eigenvalue weighted by molar-refractivity contribution is 7.81. The number of ketones is 1. The first-order valence-electron chi connectivity index (χ1n) is 8.64. The molecule has 0 saturated heterocycles. The highest BCUT2D eigenvalue weighted by Crippen LogP contribution is 2.29. The van der Waals surface area contributed by atoms with E-state index in [0.717, 1.165) is 12.1 Å². The van der Waals surface area contributed by atoms with Crippen molar-refractivity contribution in [2.24, 2.45) is 0 Å². The predicted octanol–water partition coefficient (Wildman–Crippen LogP) is 3.91. The van der Waals surface area contributed by atoms with Gasteiger partial charge in [0.15, 0.2) is 5.82 Å². The van der Waals surface area contributed by atoms with Crippen molar-refractivity contribution in [1.29, 1.82) is 0 Å². The first kappa shape index (κ1) is 20.4.